The average Bonchev–Trinajstić information content (AvgIpc) is 2.34. The molecule has 0 saturated carbocycles. The number of hydrogen-bond donors (Lipinski definition) is 1. The minimum Gasteiger partial charge on any atom is -0.402 e. The van der Waals surface area contributed by atoms with Crippen molar-refractivity contribution in [2.24, 2.45) is 5.73 Å². The molecule has 1 rings (SSSR count). The number of aromatic nitrogens is 1. The van der Waals surface area contributed by atoms with Crippen LogP contribution in [0, 0.1) is 0 Å². The number of nitrogens with two attached hydrogens (primary N) is 1. The molecular formula is C8H12N2S. The van der Waals surface area contributed by atoms with Gasteiger partial charge in [0.05, 0.1) is 10.7 Å². The number of hydrogen-bond acceptors (Lipinski definition) is 3. The smallest absolute Gasteiger partial charge is 0.0925 e. The van der Waals surface area contributed by atoms with Crippen molar-refractivity contribution < 1.29 is 0 Å². The number of aryl methyl sites for hydroxylation is 1. The second kappa shape index (κ2) is 3.53. The predicted molar refractivity (Wildman–Crippen MR) is 48.5 cm³/mol. The molecular weight excluding hydrogens is 156 g/mol. The van der Waals surface area contributed by atoms with Gasteiger partial charge in [-0.05, 0) is 6.42 Å². The predicted octanol–water partition coefficient (Wildman–Crippen LogP) is 1.72. The third-order valence-electron chi connectivity index (χ3n) is 1.31. The Bertz CT molecular complexity index is 252. The lowest BCUT2D eigenvalue weighted by molar-refractivity contribution is 1.00. The molecule has 0 aliphatic heterocycles. The van der Waals surface area contributed by atoms with Gasteiger partial charge < -0.3 is 5.73 Å². The van der Waals surface area contributed by atoms with Gasteiger partial charge in [-0.25, -0.2) is 4.98 Å². The molecule has 2 nitrogen and oxygen atoms in total. The third kappa shape index (κ3) is 2.35. The molecule has 1 heterocycles. The van der Waals surface area contributed by atoms with Crippen molar-refractivity contribution in [1.29, 1.82) is 0 Å². The Balaban J connectivity index is 2.65. The van der Waals surface area contributed by atoms with Gasteiger partial charge in [0.15, 0.2) is 0 Å². The molecule has 0 unspecified atom stereocenters. The van der Waals surface area contributed by atoms with E-state index in [9.17, 15) is 0 Å². The summed E-state index contributed by atoms with van der Waals surface area (Å²) in [6.07, 6.45) is 1.71. The molecule has 0 aliphatic carbocycles. The van der Waals surface area contributed by atoms with Crippen LogP contribution in [0.2, 0.25) is 0 Å². The number of thiazole rings is 1. The number of allylic oxidation sites excluding steroid dienone is 1. The summed E-state index contributed by atoms with van der Waals surface area (Å²) in [7, 11) is 0. The second-order valence-electron chi connectivity index (χ2n) is 2.42. The highest BCUT2D eigenvalue weighted by molar-refractivity contribution is 7.09. The fourth-order valence-electron chi connectivity index (χ4n) is 0.825. The van der Waals surface area contributed by atoms with Gasteiger partial charge in [0.1, 0.15) is 0 Å². The minimum absolute atomic E-state index is 0.679. The average molecular weight is 168 g/mol. The van der Waals surface area contributed by atoms with Crippen LogP contribution in [-0.4, -0.2) is 4.98 Å². The van der Waals surface area contributed by atoms with Crippen LogP contribution in [0.25, 0.3) is 0 Å². The summed E-state index contributed by atoms with van der Waals surface area (Å²) in [5, 5.41) is 3.21. The molecule has 0 atom stereocenters. The first-order valence-corrected chi connectivity index (χ1v) is 4.47. The van der Waals surface area contributed by atoms with E-state index < -0.39 is 0 Å². The van der Waals surface area contributed by atoms with E-state index in [4.69, 9.17) is 5.73 Å². The second-order valence-corrected chi connectivity index (χ2v) is 3.36. The van der Waals surface area contributed by atoms with Gasteiger partial charge in [-0.1, -0.05) is 13.5 Å². The van der Waals surface area contributed by atoms with E-state index >= 15 is 0 Å². The Labute approximate surface area is 70.8 Å². The van der Waals surface area contributed by atoms with E-state index in [2.05, 4.69) is 18.5 Å². The van der Waals surface area contributed by atoms with Gasteiger partial charge in [-0.3, -0.25) is 0 Å². The molecule has 0 amide bonds. The van der Waals surface area contributed by atoms with Crippen LogP contribution in [0.3, 0.4) is 0 Å². The molecule has 0 aliphatic rings. The van der Waals surface area contributed by atoms with Crippen molar-refractivity contribution in [2.75, 3.05) is 0 Å². The molecule has 2 N–H and O–H groups in total. The van der Waals surface area contributed by atoms with Gasteiger partial charge in [-0.15, -0.1) is 11.3 Å². The maximum Gasteiger partial charge on any atom is 0.0925 e. The zero-order valence-corrected chi connectivity index (χ0v) is 7.45. The third-order valence-corrected chi connectivity index (χ3v) is 2.35. The van der Waals surface area contributed by atoms with Crippen molar-refractivity contribution in [3.05, 3.63) is 28.4 Å². The van der Waals surface area contributed by atoms with Gasteiger partial charge in [0.25, 0.3) is 0 Å². The summed E-state index contributed by atoms with van der Waals surface area (Å²) in [6, 6.07) is 0. The Morgan fingerprint density at radius 2 is 2.55 bits per heavy atom. The first-order valence-electron chi connectivity index (χ1n) is 3.59. The van der Waals surface area contributed by atoms with Crippen molar-refractivity contribution in [2.45, 2.75) is 19.8 Å². The monoisotopic (exact) mass is 168 g/mol. The molecule has 0 saturated heterocycles. The summed E-state index contributed by atoms with van der Waals surface area (Å²) < 4.78 is 0. The molecule has 3 heteroatoms. The lowest BCUT2D eigenvalue weighted by atomic mass is 10.3. The minimum atomic E-state index is 0.679. The van der Waals surface area contributed by atoms with Crippen LogP contribution in [0.1, 0.15) is 17.6 Å². The van der Waals surface area contributed by atoms with Crippen LogP contribution in [0.4, 0.5) is 0 Å². The lowest BCUT2D eigenvalue weighted by Crippen LogP contribution is -1.99. The molecule has 1 aromatic rings. The number of nitrogens with zero attached hydrogens (tertiary/aromatic N) is 1. The molecule has 60 valence electrons. The molecule has 0 fully saturated rings. The van der Waals surface area contributed by atoms with Gasteiger partial charge >= 0.3 is 0 Å². The Hall–Kier alpha value is -0.830. The molecule has 0 radical (unpaired) electrons. The molecule has 0 bridgehead atoms. The van der Waals surface area contributed by atoms with Crippen LogP contribution in [-0.2, 0) is 12.8 Å². The van der Waals surface area contributed by atoms with Crippen molar-refractivity contribution in [3.63, 3.8) is 0 Å². The molecule has 0 spiro atoms. The van der Waals surface area contributed by atoms with Gasteiger partial charge in [0, 0.05) is 17.5 Å². The summed E-state index contributed by atoms with van der Waals surface area (Å²) in [5.41, 5.74) is 7.17. The SMILES string of the molecule is C=C(N)Cc1csc(CC)n1. The normalized spacial score (nSPS) is 9.91. The van der Waals surface area contributed by atoms with Crippen LogP contribution in [0.5, 0.6) is 0 Å². The van der Waals surface area contributed by atoms with E-state index in [1.165, 1.54) is 5.01 Å². The van der Waals surface area contributed by atoms with E-state index in [0.717, 1.165) is 12.1 Å². The zero-order chi connectivity index (χ0) is 8.27. The molecule has 0 aromatic carbocycles. The highest BCUT2D eigenvalue weighted by atomic mass is 32.1. The summed E-state index contributed by atoms with van der Waals surface area (Å²) in [6.45, 7) is 5.73. The standard InChI is InChI=1S/C8H12N2S/c1-3-8-10-7(5-11-8)4-6(2)9/h5H,2-4,9H2,1H3. The first-order chi connectivity index (χ1) is 5.22. The molecule has 11 heavy (non-hydrogen) atoms. The maximum absolute atomic E-state index is 5.45. The van der Waals surface area contributed by atoms with Crippen molar-refractivity contribution in [3.8, 4) is 0 Å². The van der Waals surface area contributed by atoms with E-state index in [1.807, 2.05) is 5.38 Å². The summed E-state index contributed by atoms with van der Waals surface area (Å²) >= 11 is 1.68. The van der Waals surface area contributed by atoms with E-state index in [1.54, 1.807) is 11.3 Å². The van der Waals surface area contributed by atoms with Gasteiger partial charge in [0.2, 0.25) is 0 Å². The maximum atomic E-state index is 5.45. The summed E-state index contributed by atoms with van der Waals surface area (Å²) in [5.74, 6) is 0. The summed E-state index contributed by atoms with van der Waals surface area (Å²) in [4.78, 5) is 4.35. The molecule has 1 aromatic heterocycles. The van der Waals surface area contributed by atoms with Gasteiger partial charge in [-0.2, -0.15) is 0 Å². The fraction of sp³-hybridized carbons (Fsp3) is 0.375. The zero-order valence-electron chi connectivity index (χ0n) is 6.63. The van der Waals surface area contributed by atoms with E-state index in [0.29, 0.717) is 12.1 Å². The van der Waals surface area contributed by atoms with Crippen LogP contribution < -0.4 is 5.73 Å². The number of rotatable bonds is 3. The largest absolute Gasteiger partial charge is 0.402 e. The lowest BCUT2D eigenvalue weighted by Gasteiger charge is -1.92. The highest BCUT2D eigenvalue weighted by Gasteiger charge is 1.99. The first kappa shape index (κ1) is 8.27. The van der Waals surface area contributed by atoms with E-state index in [-0.39, 0.29) is 0 Å². The Morgan fingerprint density at radius 3 is 3.00 bits per heavy atom. The highest BCUT2D eigenvalue weighted by Crippen LogP contribution is 2.11. The Kier molecular flexibility index (Phi) is 2.65. The van der Waals surface area contributed by atoms with Crippen LogP contribution in [0.15, 0.2) is 17.7 Å². The fourth-order valence-corrected chi connectivity index (χ4v) is 1.57. The Morgan fingerprint density at radius 1 is 1.82 bits per heavy atom. The topological polar surface area (TPSA) is 38.9 Å². The van der Waals surface area contributed by atoms with Crippen LogP contribution >= 0.6 is 11.3 Å². The van der Waals surface area contributed by atoms with Crippen molar-refractivity contribution in [1.82, 2.24) is 4.98 Å². The van der Waals surface area contributed by atoms with Crippen molar-refractivity contribution >= 4 is 11.3 Å². The quantitative estimate of drug-likeness (QED) is 0.746.